The summed E-state index contributed by atoms with van der Waals surface area (Å²) in [7, 11) is 0. The minimum absolute atomic E-state index is 0.0449. The lowest BCUT2D eigenvalue weighted by Gasteiger charge is -2.29. The van der Waals surface area contributed by atoms with Crippen molar-refractivity contribution in [1.29, 1.82) is 0 Å². The number of nitrogens with zero attached hydrogens (tertiary/aromatic N) is 4. The van der Waals surface area contributed by atoms with E-state index in [0.717, 1.165) is 23.8 Å². The third kappa shape index (κ3) is 4.97. The Kier molecular flexibility index (Phi) is 7.20. The number of carbonyl (C=O) groups excluding carboxylic acids is 2. The number of anilines is 1. The molecule has 2 aliphatic carbocycles. The number of aromatic nitrogens is 3. The molecule has 216 valence electrons. The Labute approximate surface area is 249 Å². The summed E-state index contributed by atoms with van der Waals surface area (Å²) in [6, 6.07) is 28.3. The van der Waals surface area contributed by atoms with Crippen LogP contribution in [0, 0.1) is 5.92 Å². The van der Waals surface area contributed by atoms with E-state index in [1.54, 1.807) is 24.3 Å². The predicted molar refractivity (Wildman–Crippen MR) is 163 cm³/mol. The second-order valence-electron chi connectivity index (χ2n) is 11.3. The van der Waals surface area contributed by atoms with Crippen LogP contribution in [0.5, 0.6) is 0 Å². The van der Waals surface area contributed by atoms with Gasteiger partial charge in [0.15, 0.2) is 0 Å². The molecule has 0 radical (unpaired) electrons. The fourth-order valence-electron chi connectivity index (χ4n) is 6.75. The van der Waals surface area contributed by atoms with E-state index in [-0.39, 0.29) is 30.5 Å². The Morgan fingerprint density at radius 2 is 1.60 bits per heavy atom. The fraction of sp³-hybridized carbons (Fsp3) is 0.257. The van der Waals surface area contributed by atoms with Crippen molar-refractivity contribution in [2.75, 3.05) is 11.5 Å². The zero-order valence-corrected chi connectivity index (χ0v) is 23.6. The summed E-state index contributed by atoms with van der Waals surface area (Å²) in [5, 5.41) is 10.9. The van der Waals surface area contributed by atoms with Crippen LogP contribution in [-0.2, 0) is 11.2 Å². The van der Waals surface area contributed by atoms with E-state index in [2.05, 4.69) is 21.7 Å². The number of fused-ring (bicyclic) bond motifs is 2. The summed E-state index contributed by atoms with van der Waals surface area (Å²) in [5.41, 5.74) is 4.19. The van der Waals surface area contributed by atoms with Crippen LogP contribution in [0.3, 0.4) is 0 Å². The van der Waals surface area contributed by atoms with Gasteiger partial charge in [-0.1, -0.05) is 60.7 Å². The molecule has 0 saturated heterocycles. The maximum Gasteiger partial charge on any atom is 0.338 e. The van der Waals surface area contributed by atoms with Gasteiger partial charge in [-0.05, 0) is 60.7 Å². The van der Waals surface area contributed by atoms with E-state index < -0.39 is 12.1 Å². The number of carbonyl (C=O) groups is 2. The average molecular weight is 573 g/mol. The van der Waals surface area contributed by atoms with Crippen molar-refractivity contribution in [3.8, 4) is 0 Å². The average Bonchev–Trinajstić information content (AvgIpc) is 3.79. The number of amides is 1. The molecule has 1 fully saturated rings. The Morgan fingerprint density at radius 1 is 0.884 bits per heavy atom. The van der Waals surface area contributed by atoms with Gasteiger partial charge in [0, 0.05) is 36.7 Å². The summed E-state index contributed by atoms with van der Waals surface area (Å²) >= 11 is 0. The molecule has 7 rings (SSSR count). The zero-order valence-electron chi connectivity index (χ0n) is 23.6. The molecule has 43 heavy (non-hydrogen) atoms. The normalized spacial score (nSPS) is 21.0. The van der Waals surface area contributed by atoms with Crippen LogP contribution < -0.4 is 4.90 Å². The lowest BCUT2D eigenvalue weighted by atomic mass is 10.0. The molecule has 0 bridgehead atoms. The number of hydrogen-bond acceptors (Lipinski definition) is 6. The van der Waals surface area contributed by atoms with Crippen molar-refractivity contribution >= 4 is 28.7 Å². The first kappa shape index (κ1) is 27.0. The predicted octanol–water partition coefficient (Wildman–Crippen LogP) is 5.93. The molecule has 1 N–H and O–H groups in total. The van der Waals surface area contributed by atoms with Crippen LogP contribution >= 0.6 is 0 Å². The van der Waals surface area contributed by atoms with Crippen LogP contribution in [-0.4, -0.2) is 44.2 Å². The van der Waals surface area contributed by atoms with Crippen molar-refractivity contribution in [3.05, 3.63) is 126 Å². The van der Waals surface area contributed by atoms with Crippen LogP contribution in [0.4, 0.5) is 5.82 Å². The maximum absolute atomic E-state index is 14.2. The first-order chi connectivity index (χ1) is 21.1. The lowest BCUT2D eigenvalue weighted by Crippen LogP contribution is -2.35. The Balaban J connectivity index is 1.23. The highest BCUT2D eigenvalue weighted by molar-refractivity contribution is 6.09. The molecule has 5 aromatic rings. The molecule has 1 amide bonds. The van der Waals surface area contributed by atoms with E-state index in [4.69, 9.17) is 9.72 Å². The van der Waals surface area contributed by atoms with Crippen LogP contribution in [0.2, 0.25) is 0 Å². The van der Waals surface area contributed by atoms with Gasteiger partial charge >= 0.3 is 5.97 Å². The topological polar surface area (TPSA) is 97.6 Å². The molecule has 8 nitrogen and oxygen atoms in total. The number of rotatable bonds is 7. The van der Waals surface area contributed by atoms with Gasteiger partial charge in [-0.15, -0.1) is 0 Å². The molecule has 3 aromatic carbocycles. The van der Waals surface area contributed by atoms with Crippen LogP contribution in [0.25, 0.3) is 11.0 Å². The van der Waals surface area contributed by atoms with Gasteiger partial charge < -0.3 is 14.4 Å². The largest absolute Gasteiger partial charge is 0.458 e. The SMILES string of the molecule is O=C(OC1CC(n2ccc3c(N(C(=O)c4ccccc4)C4CCc5ccccc54)ncnc32)CC1CO)c1ccccc1. The third-order valence-corrected chi connectivity index (χ3v) is 8.87. The molecule has 2 aliphatic rings. The number of aliphatic hydroxyl groups is 1. The van der Waals surface area contributed by atoms with E-state index in [9.17, 15) is 14.7 Å². The highest BCUT2D eigenvalue weighted by atomic mass is 16.5. The van der Waals surface area contributed by atoms with Crippen molar-refractivity contribution < 1.29 is 19.4 Å². The molecular weight excluding hydrogens is 540 g/mol. The smallest absolute Gasteiger partial charge is 0.338 e. The number of ether oxygens (including phenoxy) is 1. The van der Waals surface area contributed by atoms with E-state index in [1.165, 1.54) is 11.9 Å². The first-order valence-electron chi connectivity index (χ1n) is 14.8. The molecule has 0 aliphatic heterocycles. The molecule has 2 aromatic heterocycles. The molecule has 8 heteroatoms. The van der Waals surface area contributed by atoms with Crippen molar-refractivity contribution in [3.63, 3.8) is 0 Å². The highest BCUT2D eigenvalue weighted by Crippen LogP contribution is 2.43. The van der Waals surface area contributed by atoms with Crippen LogP contribution in [0.15, 0.2) is 104 Å². The van der Waals surface area contributed by atoms with Crippen molar-refractivity contribution in [2.45, 2.75) is 43.9 Å². The summed E-state index contributed by atoms with van der Waals surface area (Å²) in [5.74, 6) is -0.117. The zero-order chi connectivity index (χ0) is 29.3. The second kappa shape index (κ2) is 11.5. The van der Waals surface area contributed by atoms with Gasteiger partial charge in [0.25, 0.3) is 5.91 Å². The van der Waals surface area contributed by atoms with Gasteiger partial charge in [0.2, 0.25) is 0 Å². The molecule has 0 spiro atoms. The summed E-state index contributed by atoms with van der Waals surface area (Å²) < 4.78 is 7.96. The minimum Gasteiger partial charge on any atom is -0.458 e. The summed E-state index contributed by atoms with van der Waals surface area (Å²) in [6.45, 7) is -0.0802. The van der Waals surface area contributed by atoms with Gasteiger partial charge in [-0.3, -0.25) is 9.69 Å². The van der Waals surface area contributed by atoms with Crippen molar-refractivity contribution in [2.24, 2.45) is 5.92 Å². The maximum atomic E-state index is 14.2. The quantitative estimate of drug-likeness (QED) is 0.243. The molecule has 4 atom stereocenters. The highest BCUT2D eigenvalue weighted by Gasteiger charge is 2.39. The number of hydrogen-bond donors (Lipinski definition) is 1. The molecule has 2 heterocycles. The van der Waals surface area contributed by atoms with E-state index >= 15 is 0 Å². The van der Waals surface area contributed by atoms with E-state index in [1.807, 2.05) is 65.7 Å². The Morgan fingerprint density at radius 3 is 2.37 bits per heavy atom. The Hall–Kier alpha value is -4.82. The summed E-state index contributed by atoms with van der Waals surface area (Å²) in [6.07, 6.45) is 5.95. The Bertz CT molecular complexity index is 1770. The number of benzene rings is 3. The minimum atomic E-state index is -0.424. The van der Waals surface area contributed by atoms with Crippen LogP contribution in [0.1, 0.15) is 63.2 Å². The van der Waals surface area contributed by atoms with Gasteiger partial charge in [0.1, 0.15) is 23.9 Å². The first-order valence-corrected chi connectivity index (χ1v) is 14.8. The standard InChI is InChI=1S/C35H32N4O4/c40-21-26-19-27(20-31(26)43-35(42)25-12-5-2-6-13-25)38-18-17-29-32(38)36-22-37-33(29)39(34(41)24-10-3-1-4-11-24)30-16-15-23-9-7-8-14-28(23)30/h1-14,17-18,22,26-27,30-31,40H,15-16,19-21H2. The molecular formula is C35H32N4O4. The van der Waals surface area contributed by atoms with Gasteiger partial charge in [-0.2, -0.15) is 0 Å². The summed E-state index contributed by atoms with van der Waals surface area (Å²) in [4.78, 5) is 38.2. The number of aryl methyl sites for hydroxylation is 1. The number of aliphatic hydroxyl groups excluding tert-OH is 1. The van der Waals surface area contributed by atoms with Gasteiger partial charge in [-0.25, -0.2) is 14.8 Å². The number of esters is 1. The lowest BCUT2D eigenvalue weighted by molar-refractivity contribution is 0.0127. The molecule has 4 unspecified atom stereocenters. The van der Waals surface area contributed by atoms with Crippen molar-refractivity contribution in [1.82, 2.24) is 14.5 Å². The second-order valence-corrected chi connectivity index (χ2v) is 11.3. The third-order valence-electron chi connectivity index (χ3n) is 8.87. The molecule has 1 saturated carbocycles. The fourth-order valence-corrected chi connectivity index (χ4v) is 6.75. The van der Waals surface area contributed by atoms with E-state index in [0.29, 0.717) is 35.4 Å². The van der Waals surface area contributed by atoms with Gasteiger partial charge in [0.05, 0.1) is 17.0 Å². The monoisotopic (exact) mass is 572 g/mol.